The first-order chi connectivity index (χ1) is 1.00. The fourth-order valence-electron chi connectivity index (χ4n) is 0. The molecule has 38 valence electrons. The van der Waals surface area contributed by atoms with E-state index in [4.69, 9.17) is 0 Å². The van der Waals surface area contributed by atoms with Crippen LogP contribution in [0.25, 0.3) is 0 Å². The van der Waals surface area contributed by atoms with Crippen LogP contribution in [-0.4, -0.2) is 12.5 Å². The molecule has 0 atom stereocenters. The zero-order chi connectivity index (χ0) is 2.00. The quantitative estimate of drug-likeness (QED) is 0.360. The van der Waals surface area contributed by atoms with E-state index in [2.05, 4.69) is 5.73 Å². The zero-order valence-corrected chi connectivity index (χ0v) is 2.65. The second-order valence-corrected chi connectivity index (χ2v) is 0. The molecule has 5 heavy (non-hydrogen) atoms. The molecule has 0 bridgehead atoms. The zero-order valence-electron chi connectivity index (χ0n) is 3.65. The van der Waals surface area contributed by atoms with Gasteiger partial charge in [0.2, 0.25) is 0 Å². The molecule has 0 spiro atoms. The molecule has 3 heteroatoms. The molecule has 0 aliphatic heterocycles. The molecule has 0 fully saturated rings. The summed E-state index contributed by atoms with van der Waals surface area (Å²) >= 11 is 0. The lowest BCUT2D eigenvalue weighted by Gasteiger charge is -1.19. The van der Waals surface area contributed by atoms with Gasteiger partial charge in [0.05, 0.1) is 0 Å². The normalized spacial score (nSPS) is 1.20. The van der Waals surface area contributed by atoms with Gasteiger partial charge < -0.3 is 16.7 Å². The van der Waals surface area contributed by atoms with Gasteiger partial charge in [0.1, 0.15) is 0 Å². The van der Waals surface area contributed by atoms with Crippen LogP contribution in [0.1, 0.15) is 8.85 Å². The van der Waals surface area contributed by atoms with Gasteiger partial charge in [0.15, 0.2) is 0 Å². The molecule has 3 nitrogen and oxygen atoms in total. The van der Waals surface area contributed by atoms with Crippen LogP contribution < -0.4 is 5.73 Å². The minimum Gasteiger partial charge on any atom is -0.457 e. The smallest absolute Gasteiger partial charge is 0.457 e. The van der Waals surface area contributed by atoms with Crippen molar-refractivity contribution in [3.63, 3.8) is 0 Å². The summed E-state index contributed by atoms with van der Waals surface area (Å²) < 4.78 is 0. The second kappa shape index (κ2) is 2230. The molecule has 0 aromatic carbocycles. The molecule has 0 aliphatic rings. The Hall–Kier alpha value is -0.120. The lowest BCUT2D eigenvalue weighted by atomic mass is 11.6. The molecular formula is C2H15NO2+2. The van der Waals surface area contributed by atoms with Gasteiger partial charge in [0.25, 0.3) is 0 Å². The summed E-state index contributed by atoms with van der Waals surface area (Å²) in [6.45, 7) is 0. The first-order valence-corrected chi connectivity index (χ1v) is 0.577. The molecule has 0 unspecified atom stereocenters. The molecule has 0 radical (unpaired) electrons. The minimum absolute atomic E-state index is 0. The highest BCUT2D eigenvalue weighted by atomic mass is 16.0. The average Bonchev–Trinajstić information content (AvgIpc) is 1.00. The third kappa shape index (κ3) is 952. The fraction of sp³-hybridized carbons (Fsp3) is 1.00. The van der Waals surface area contributed by atoms with E-state index in [0.717, 1.165) is 0 Å². The Labute approximate surface area is 33.9 Å². The van der Waals surface area contributed by atoms with Crippen molar-refractivity contribution in [1.82, 2.24) is 0 Å². The summed E-state index contributed by atoms with van der Waals surface area (Å²) in [6, 6.07) is 0. The van der Waals surface area contributed by atoms with Gasteiger partial charge in [-0.05, 0) is 7.05 Å². The first kappa shape index (κ1) is 94.9. The van der Waals surface area contributed by atoms with Crippen LogP contribution in [0.2, 0.25) is 0 Å². The lowest BCUT2D eigenvalue weighted by molar-refractivity contribution is 0.686. The Kier molecular flexibility index (Phi) is 42400. The summed E-state index contributed by atoms with van der Waals surface area (Å²) in [5.74, 6) is 0. The number of hydrogen-bond acceptors (Lipinski definition) is 1. The molecule has 0 rings (SSSR count). The number of nitrogens with two attached hydrogens (primary N) is 1. The summed E-state index contributed by atoms with van der Waals surface area (Å²) in [5.41, 5.74) is 4.50. The van der Waals surface area contributed by atoms with E-state index in [-0.39, 0.29) is 19.8 Å². The van der Waals surface area contributed by atoms with Crippen LogP contribution in [0.15, 0.2) is 0 Å². The molecule has 0 aromatic heterocycles. The Morgan fingerprint density at radius 3 is 1.40 bits per heavy atom. The largest absolute Gasteiger partial charge is 1.00 e. The van der Waals surface area contributed by atoms with Crippen molar-refractivity contribution in [1.29, 1.82) is 0 Å². The maximum Gasteiger partial charge on any atom is 1.00 e. The fourth-order valence-corrected chi connectivity index (χ4v) is 0. The molecule has 0 heterocycles. The van der Waals surface area contributed by atoms with Gasteiger partial charge in [-0.2, -0.15) is 0 Å². The van der Waals surface area contributed by atoms with Crippen molar-refractivity contribution < 1.29 is 12.4 Å². The summed E-state index contributed by atoms with van der Waals surface area (Å²) in [6.07, 6.45) is 0. The van der Waals surface area contributed by atoms with Crippen LogP contribution in [0.5, 0.6) is 0 Å². The monoisotopic (exact) mass is 86.1 g/mol. The standard InChI is InChI=1S/CH5N.CH4.2H2O/c1-2;;;/h2H2,1H3;1H4;2*1H2/p+2/i/hD. The Morgan fingerprint density at radius 1 is 1.40 bits per heavy atom. The third-order valence-electron chi connectivity index (χ3n) is 0. The Morgan fingerprint density at radius 2 is 1.40 bits per heavy atom. The highest BCUT2D eigenvalue weighted by molar-refractivity contribution is 3.54. The average molecular weight is 86.2 g/mol. The van der Waals surface area contributed by atoms with Crippen molar-refractivity contribution in [2.24, 2.45) is 5.73 Å². The van der Waals surface area contributed by atoms with Crippen molar-refractivity contribution in [2.75, 3.05) is 7.05 Å². The van der Waals surface area contributed by atoms with Crippen LogP contribution in [0.3, 0.4) is 0 Å². The lowest BCUT2D eigenvalue weighted by Crippen LogP contribution is -1.69. The van der Waals surface area contributed by atoms with Gasteiger partial charge in [-0.15, -0.1) is 0 Å². The molecule has 0 aromatic rings. The second-order valence-electron chi connectivity index (χ2n) is 0. The van der Waals surface area contributed by atoms with E-state index in [9.17, 15) is 0 Å². The summed E-state index contributed by atoms with van der Waals surface area (Å²) in [4.78, 5) is 0. The minimum atomic E-state index is 0. The van der Waals surface area contributed by atoms with Gasteiger partial charge in [-0.1, -0.05) is 7.43 Å². The predicted octanol–water partition coefficient (Wildman–Crippen LogP) is -1.42. The van der Waals surface area contributed by atoms with Crippen LogP contribution >= 0.6 is 0 Å². The number of rotatable bonds is 0. The third-order valence-corrected chi connectivity index (χ3v) is 0. The van der Waals surface area contributed by atoms with E-state index in [1.165, 1.54) is 7.05 Å². The van der Waals surface area contributed by atoms with Crippen LogP contribution in [-0.2, 0) is 5.48 Å². The van der Waals surface area contributed by atoms with E-state index in [0.29, 0.717) is 0 Å². The van der Waals surface area contributed by atoms with Crippen molar-refractivity contribution >= 4 is 0 Å². The van der Waals surface area contributed by atoms with Gasteiger partial charge >= 0.3 is 1.43 Å². The molecule has 0 saturated carbocycles. The maximum absolute atomic E-state index is 4.50. The van der Waals surface area contributed by atoms with Gasteiger partial charge in [-0.3, -0.25) is 0 Å². The molecular weight excluding hydrogens is 70.0 g/mol. The van der Waals surface area contributed by atoms with Crippen LogP contribution in [0, 0.1) is 0 Å². The van der Waals surface area contributed by atoms with Crippen molar-refractivity contribution in [2.45, 2.75) is 7.43 Å². The van der Waals surface area contributed by atoms with Crippen molar-refractivity contribution in [3.8, 4) is 0 Å². The summed E-state index contributed by atoms with van der Waals surface area (Å²) in [7, 11) is 1.50. The first-order valence-electron chi connectivity index (χ1n) is 0.577. The molecule has 7 N–H and O–H groups in total. The molecule has 0 saturated heterocycles. The van der Waals surface area contributed by atoms with E-state index >= 15 is 0 Å². The summed E-state index contributed by atoms with van der Waals surface area (Å²) in [5, 5.41) is 0. The Balaban J connectivity index is -0.000000000833. The highest BCUT2D eigenvalue weighted by Gasteiger charge is 0.836. The van der Waals surface area contributed by atoms with E-state index in [1.54, 1.807) is 0 Å². The van der Waals surface area contributed by atoms with Crippen LogP contribution in [0.4, 0.5) is 0 Å². The van der Waals surface area contributed by atoms with Gasteiger partial charge in [0, 0.05) is 0 Å². The highest BCUT2D eigenvalue weighted by Crippen LogP contribution is 0.469. The SMILES string of the molecule is C.CN.O.[2H+].[OH3+]. The molecule has 0 amide bonds. The maximum atomic E-state index is 4.50. The Bertz CT molecular complexity index is 11.5. The number of hydrogen-bond donors (Lipinski definition) is 1. The van der Waals surface area contributed by atoms with Gasteiger partial charge in [-0.25, -0.2) is 0 Å². The van der Waals surface area contributed by atoms with E-state index in [1.807, 2.05) is 0 Å². The molecule has 0 aliphatic carbocycles. The predicted molar refractivity (Wildman–Crippen MR) is 26.4 cm³/mol. The topological polar surface area (TPSA) is 90.5 Å². The van der Waals surface area contributed by atoms with Crippen molar-refractivity contribution in [3.05, 3.63) is 0 Å². The van der Waals surface area contributed by atoms with E-state index < -0.39 is 0 Å².